The zero-order valence-electron chi connectivity index (χ0n) is 29.6. The molecule has 0 amide bonds. The molecule has 1 aliphatic carbocycles. The van der Waals surface area contributed by atoms with Crippen LogP contribution in [0.4, 0.5) is 0 Å². The fourth-order valence-corrected chi connectivity index (χ4v) is 8.23. The van der Waals surface area contributed by atoms with E-state index in [9.17, 15) is 0 Å². The number of pyridine rings is 1. The Morgan fingerprint density at radius 1 is 0.377 bits per heavy atom. The topological polar surface area (TPSA) is 38.7 Å². The van der Waals surface area contributed by atoms with Crippen LogP contribution in [0.2, 0.25) is 0 Å². The summed E-state index contributed by atoms with van der Waals surface area (Å²) in [5.74, 6) is 0.717. The summed E-state index contributed by atoms with van der Waals surface area (Å²) in [5.41, 5.74) is 14.8. The Kier molecular flexibility index (Phi) is 7.16. The van der Waals surface area contributed by atoms with Gasteiger partial charge in [0.05, 0.1) is 11.4 Å². The van der Waals surface area contributed by atoms with Gasteiger partial charge in [-0.2, -0.15) is 0 Å². The second-order valence-corrected chi connectivity index (χ2v) is 14.5. The Morgan fingerprint density at radius 3 is 1.75 bits per heavy atom. The molecule has 0 fully saturated rings. The largest absolute Gasteiger partial charge is 0.265 e. The van der Waals surface area contributed by atoms with Gasteiger partial charge in [-0.3, -0.25) is 4.98 Å². The van der Waals surface area contributed by atoms with Crippen LogP contribution in [-0.2, 0) is 5.41 Å². The molecule has 0 radical (unpaired) electrons. The molecule has 0 atom stereocenters. The third-order valence-corrected chi connectivity index (χ3v) is 11.0. The van der Waals surface area contributed by atoms with Crippen LogP contribution in [0.1, 0.15) is 25.0 Å². The summed E-state index contributed by atoms with van der Waals surface area (Å²) in [4.78, 5) is 14.7. The standard InChI is InChI=1S/C50H35N3/c1-50(2)44-18-10-17-42(48(44)43-29-34-13-6-7-14-35(34)30-45(43)50)47-31-46(52-49(53-47)33-11-4-3-5-12-33)39-22-20-36-27-38(21-19-37(36)28-39)41-16-9-8-15-40(41)32-23-25-51-26-24-32/h3-31H,1-2H3. The van der Waals surface area contributed by atoms with Crippen molar-refractivity contribution >= 4 is 21.5 Å². The minimum absolute atomic E-state index is 0.140. The Labute approximate surface area is 309 Å². The van der Waals surface area contributed by atoms with Crippen molar-refractivity contribution in [3.63, 3.8) is 0 Å². The predicted octanol–water partition coefficient (Wildman–Crippen LogP) is 12.8. The van der Waals surface area contributed by atoms with Crippen LogP contribution in [0.15, 0.2) is 176 Å². The van der Waals surface area contributed by atoms with Gasteiger partial charge < -0.3 is 0 Å². The molecule has 250 valence electrons. The van der Waals surface area contributed by atoms with E-state index >= 15 is 0 Å². The maximum Gasteiger partial charge on any atom is 0.160 e. The molecule has 0 spiro atoms. The van der Waals surface area contributed by atoms with Gasteiger partial charge in [0.25, 0.3) is 0 Å². The highest BCUT2D eigenvalue weighted by atomic mass is 14.9. The van der Waals surface area contributed by atoms with Gasteiger partial charge in [-0.05, 0) is 109 Å². The van der Waals surface area contributed by atoms with Crippen molar-refractivity contribution in [2.45, 2.75) is 19.3 Å². The summed E-state index contributed by atoms with van der Waals surface area (Å²) in [6.07, 6.45) is 3.70. The first-order valence-corrected chi connectivity index (χ1v) is 18.2. The lowest BCUT2D eigenvalue weighted by Crippen LogP contribution is -2.14. The maximum absolute atomic E-state index is 5.29. The van der Waals surface area contributed by atoms with E-state index in [4.69, 9.17) is 9.97 Å². The highest BCUT2D eigenvalue weighted by Crippen LogP contribution is 2.53. The average Bonchev–Trinajstić information content (AvgIpc) is 3.45. The van der Waals surface area contributed by atoms with Crippen LogP contribution in [0.5, 0.6) is 0 Å². The zero-order chi connectivity index (χ0) is 35.5. The van der Waals surface area contributed by atoms with Crippen LogP contribution in [0, 0.1) is 0 Å². The van der Waals surface area contributed by atoms with Crippen molar-refractivity contribution in [2.75, 3.05) is 0 Å². The minimum Gasteiger partial charge on any atom is -0.265 e. The van der Waals surface area contributed by atoms with Crippen molar-refractivity contribution < 1.29 is 0 Å². The Balaban J connectivity index is 1.12. The molecule has 10 rings (SSSR count). The van der Waals surface area contributed by atoms with Crippen LogP contribution >= 0.6 is 0 Å². The van der Waals surface area contributed by atoms with E-state index in [0.29, 0.717) is 0 Å². The number of hydrogen-bond donors (Lipinski definition) is 0. The molecule has 3 nitrogen and oxygen atoms in total. The summed E-state index contributed by atoms with van der Waals surface area (Å²) < 4.78 is 0. The van der Waals surface area contributed by atoms with E-state index in [1.165, 1.54) is 55.1 Å². The SMILES string of the molecule is CC1(C)c2cc3ccccc3cc2-c2c(-c3cc(-c4ccc5cc(-c6ccccc6-c6ccncc6)ccc5c4)nc(-c4ccccc4)n3)cccc21. The third-order valence-electron chi connectivity index (χ3n) is 11.0. The smallest absolute Gasteiger partial charge is 0.160 e. The van der Waals surface area contributed by atoms with Crippen LogP contribution < -0.4 is 0 Å². The molecule has 9 aromatic rings. The van der Waals surface area contributed by atoms with Gasteiger partial charge in [-0.25, -0.2) is 9.97 Å². The molecule has 0 aliphatic heterocycles. The molecule has 2 heterocycles. The summed E-state index contributed by atoms with van der Waals surface area (Å²) in [7, 11) is 0. The van der Waals surface area contributed by atoms with Gasteiger partial charge in [-0.1, -0.05) is 135 Å². The van der Waals surface area contributed by atoms with Gasteiger partial charge in [0.1, 0.15) is 0 Å². The Bertz CT molecular complexity index is 2860. The van der Waals surface area contributed by atoms with Crippen LogP contribution in [0.25, 0.3) is 88.8 Å². The van der Waals surface area contributed by atoms with E-state index in [2.05, 4.69) is 177 Å². The molecule has 0 saturated carbocycles. The maximum atomic E-state index is 5.29. The number of rotatable bonds is 5. The molecule has 0 saturated heterocycles. The molecule has 0 unspecified atom stereocenters. The summed E-state index contributed by atoms with van der Waals surface area (Å²) in [6, 6.07) is 58.7. The van der Waals surface area contributed by atoms with Gasteiger partial charge in [0.2, 0.25) is 0 Å². The lowest BCUT2D eigenvalue weighted by Gasteiger charge is -2.22. The lowest BCUT2D eigenvalue weighted by molar-refractivity contribution is 0.661. The summed E-state index contributed by atoms with van der Waals surface area (Å²) in [5, 5.41) is 4.86. The van der Waals surface area contributed by atoms with E-state index in [-0.39, 0.29) is 5.41 Å². The second kappa shape index (κ2) is 12.2. The fourth-order valence-electron chi connectivity index (χ4n) is 8.23. The number of nitrogens with zero attached hydrogens (tertiary/aromatic N) is 3. The van der Waals surface area contributed by atoms with Crippen LogP contribution in [-0.4, -0.2) is 15.0 Å². The second-order valence-electron chi connectivity index (χ2n) is 14.5. The van der Waals surface area contributed by atoms with Gasteiger partial charge >= 0.3 is 0 Å². The monoisotopic (exact) mass is 677 g/mol. The molecule has 53 heavy (non-hydrogen) atoms. The zero-order valence-corrected chi connectivity index (χ0v) is 29.6. The van der Waals surface area contributed by atoms with Gasteiger partial charge in [0, 0.05) is 34.5 Å². The molecule has 7 aromatic carbocycles. The minimum atomic E-state index is -0.140. The van der Waals surface area contributed by atoms with E-state index in [1.807, 2.05) is 18.5 Å². The number of hydrogen-bond acceptors (Lipinski definition) is 3. The third kappa shape index (κ3) is 5.24. The molecular formula is C50H35N3. The lowest BCUT2D eigenvalue weighted by atomic mass is 9.81. The number of benzene rings is 7. The molecule has 0 N–H and O–H groups in total. The van der Waals surface area contributed by atoms with Crippen molar-refractivity contribution in [1.29, 1.82) is 0 Å². The van der Waals surface area contributed by atoms with Gasteiger partial charge in [0.15, 0.2) is 5.82 Å². The van der Waals surface area contributed by atoms with E-state index in [1.54, 1.807) is 0 Å². The van der Waals surface area contributed by atoms with Crippen LogP contribution in [0.3, 0.4) is 0 Å². The first kappa shape index (κ1) is 31.1. The quantitative estimate of drug-likeness (QED) is 0.182. The van der Waals surface area contributed by atoms with E-state index < -0.39 is 0 Å². The number of fused-ring (bicyclic) bond motifs is 5. The Morgan fingerprint density at radius 2 is 0.981 bits per heavy atom. The molecule has 3 heteroatoms. The molecule has 2 aromatic heterocycles. The van der Waals surface area contributed by atoms with E-state index in [0.717, 1.165) is 44.9 Å². The first-order valence-electron chi connectivity index (χ1n) is 18.2. The number of aromatic nitrogens is 3. The normalized spacial score (nSPS) is 12.9. The summed E-state index contributed by atoms with van der Waals surface area (Å²) >= 11 is 0. The Hall–Kier alpha value is -6.71. The highest BCUT2D eigenvalue weighted by Gasteiger charge is 2.37. The fraction of sp³-hybridized carbons (Fsp3) is 0.0600. The highest BCUT2D eigenvalue weighted by molar-refractivity contribution is 5.99. The summed E-state index contributed by atoms with van der Waals surface area (Å²) in [6.45, 7) is 4.69. The molecule has 1 aliphatic rings. The first-order chi connectivity index (χ1) is 26.0. The van der Waals surface area contributed by atoms with Crippen molar-refractivity contribution in [2.24, 2.45) is 0 Å². The predicted molar refractivity (Wildman–Crippen MR) is 220 cm³/mol. The van der Waals surface area contributed by atoms with Gasteiger partial charge in [-0.15, -0.1) is 0 Å². The average molecular weight is 678 g/mol. The molecule has 0 bridgehead atoms. The van der Waals surface area contributed by atoms with Crippen molar-refractivity contribution in [3.8, 4) is 67.3 Å². The van der Waals surface area contributed by atoms with Crippen molar-refractivity contribution in [3.05, 3.63) is 187 Å². The van der Waals surface area contributed by atoms with Crippen molar-refractivity contribution in [1.82, 2.24) is 15.0 Å². The molecular weight excluding hydrogens is 643 g/mol.